The van der Waals surface area contributed by atoms with E-state index in [0.29, 0.717) is 0 Å². The molecule has 0 amide bonds. The third kappa shape index (κ3) is 3.05. The highest BCUT2D eigenvalue weighted by Gasteiger charge is 2.16. The molecule has 1 aliphatic heterocycles. The molecule has 2 heterocycles. The molecule has 2 heteroatoms. The highest BCUT2D eigenvalue weighted by molar-refractivity contribution is 6.08. The zero-order valence-corrected chi connectivity index (χ0v) is 17.6. The van der Waals surface area contributed by atoms with Gasteiger partial charge in [-0.1, -0.05) is 67.2 Å². The van der Waals surface area contributed by atoms with Gasteiger partial charge < -0.3 is 9.88 Å². The fraction of sp³-hybridized carbons (Fsp3) is 0. The van der Waals surface area contributed by atoms with Crippen LogP contribution in [0.25, 0.3) is 33.0 Å². The number of rotatable bonds is 2. The highest BCUT2D eigenvalue weighted by Crippen LogP contribution is 2.37. The van der Waals surface area contributed by atoms with Crippen molar-refractivity contribution in [3.05, 3.63) is 133 Å². The number of anilines is 2. The van der Waals surface area contributed by atoms with Crippen molar-refractivity contribution in [3.63, 3.8) is 0 Å². The first-order chi connectivity index (χ1) is 15.8. The number of hydrogen-bond donors (Lipinski definition) is 1. The molecule has 32 heavy (non-hydrogen) atoms. The molecule has 0 unspecified atom stereocenters. The summed E-state index contributed by atoms with van der Waals surface area (Å²) in [6, 6.07) is 34.0. The highest BCUT2D eigenvalue weighted by atomic mass is 15.1. The minimum absolute atomic E-state index is 1.000. The number of H-pyrrole nitrogens is 1. The molecule has 5 aromatic rings. The number of aromatic nitrogens is 1. The monoisotopic (exact) mass is 410 g/mol. The summed E-state index contributed by atoms with van der Waals surface area (Å²) >= 11 is 0. The molecule has 1 aromatic heterocycles. The normalized spacial score (nSPS) is 16.3. The molecule has 0 radical (unpaired) electrons. The maximum Gasteiger partial charge on any atom is 0.0533 e. The average molecular weight is 411 g/mol. The van der Waals surface area contributed by atoms with Crippen molar-refractivity contribution in [1.29, 1.82) is 0 Å². The van der Waals surface area contributed by atoms with Crippen LogP contribution in [0.3, 0.4) is 0 Å². The molecule has 152 valence electrons. The van der Waals surface area contributed by atoms with Gasteiger partial charge in [0, 0.05) is 39.3 Å². The predicted molar refractivity (Wildman–Crippen MR) is 137 cm³/mol. The van der Waals surface area contributed by atoms with Crippen LogP contribution in [0.1, 0.15) is 11.1 Å². The lowest BCUT2D eigenvalue weighted by molar-refractivity contribution is 1.27. The van der Waals surface area contributed by atoms with E-state index in [2.05, 4.69) is 126 Å². The second-order valence-electron chi connectivity index (χ2n) is 8.09. The molecular weight excluding hydrogens is 388 g/mol. The number of fused-ring (bicyclic) bond motifs is 4. The Balaban J connectivity index is 1.53. The van der Waals surface area contributed by atoms with Crippen LogP contribution in [-0.2, 0) is 0 Å². The van der Waals surface area contributed by atoms with Gasteiger partial charge in [0.1, 0.15) is 0 Å². The molecule has 0 saturated carbocycles. The van der Waals surface area contributed by atoms with Crippen LogP contribution in [0.4, 0.5) is 11.4 Å². The van der Waals surface area contributed by atoms with E-state index < -0.39 is 0 Å². The maximum atomic E-state index is 4.42. The molecule has 2 nitrogen and oxygen atoms in total. The van der Waals surface area contributed by atoms with E-state index in [1.165, 1.54) is 16.3 Å². The van der Waals surface area contributed by atoms with Crippen LogP contribution in [-0.4, -0.2) is 4.98 Å². The number of aromatic amines is 1. The summed E-state index contributed by atoms with van der Waals surface area (Å²) in [7, 11) is 0. The Hall–Kier alpha value is -4.30. The largest absolute Gasteiger partial charge is 0.355 e. The van der Waals surface area contributed by atoms with Crippen molar-refractivity contribution in [1.82, 2.24) is 4.98 Å². The lowest BCUT2D eigenvalue weighted by atomic mass is 9.95. The number of nitrogens with zero attached hydrogens (tertiary/aromatic N) is 1. The first-order valence-electron chi connectivity index (χ1n) is 10.8. The Bertz CT molecular complexity index is 1530. The molecule has 0 fully saturated rings. The fourth-order valence-electron chi connectivity index (χ4n) is 4.52. The quantitative estimate of drug-likeness (QED) is 0.312. The van der Waals surface area contributed by atoms with E-state index in [1.54, 1.807) is 0 Å². The van der Waals surface area contributed by atoms with Crippen molar-refractivity contribution >= 4 is 44.3 Å². The van der Waals surface area contributed by atoms with Gasteiger partial charge in [-0.25, -0.2) is 0 Å². The molecule has 1 aliphatic rings. The van der Waals surface area contributed by atoms with Gasteiger partial charge >= 0.3 is 0 Å². The Labute approximate surface area is 187 Å². The summed E-state index contributed by atoms with van der Waals surface area (Å²) in [5.41, 5.74) is 9.01. The molecular formula is C30H22N2. The Morgan fingerprint density at radius 2 is 1.44 bits per heavy atom. The molecule has 0 aliphatic carbocycles. The van der Waals surface area contributed by atoms with E-state index in [-0.39, 0.29) is 0 Å². The number of para-hydroxylation sites is 3. The van der Waals surface area contributed by atoms with E-state index >= 15 is 0 Å². The van der Waals surface area contributed by atoms with Crippen LogP contribution >= 0.6 is 0 Å². The van der Waals surface area contributed by atoms with Crippen LogP contribution in [0.15, 0.2) is 122 Å². The van der Waals surface area contributed by atoms with Crippen molar-refractivity contribution in [3.8, 4) is 0 Å². The Morgan fingerprint density at radius 1 is 0.688 bits per heavy atom. The maximum absolute atomic E-state index is 4.42. The lowest BCUT2D eigenvalue weighted by Gasteiger charge is -2.26. The summed E-state index contributed by atoms with van der Waals surface area (Å²) in [6.07, 6.45) is 6.53. The molecule has 0 saturated heterocycles. The number of hydrogen-bond acceptors (Lipinski definition) is 1. The minimum Gasteiger partial charge on any atom is -0.355 e. The summed E-state index contributed by atoms with van der Waals surface area (Å²) in [4.78, 5) is 5.75. The second-order valence-corrected chi connectivity index (χ2v) is 8.09. The van der Waals surface area contributed by atoms with Crippen molar-refractivity contribution in [2.75, 3.05) is 4.90 Å². The SMILES string of the molecule is C=C1/C=C(c2ccc3[nH]c4ccccc4c3c2)\C=C/N(c2ccccc2)c2ccccc21. The summed E-state index contributed by atoms with van der Waals surface area (Å²) in [5, 5.41) is 2.48. The first kappa shape index (κ1) is 18.5. The molecule has 0 bridgehead atoms. The van der Waals surface area contributed by atoms with Gasteiger partial charge in [-0.05, 0) is 65.3 Å². The van der Waals surface area contributed by atoms with Gasteiger partial charge in [0.15, 0.2) is 0 Å². The summed E-state index contributed by atoms with van der Waals surface area (Å²) < 4.78 is 0. The smallest absolute Gasteiger partial charge is 0.0533 e. The predicted octanol–water partition coefficient (Wildman–Crippen LogP) is 8.08. The van der Waals surface area contributed by atoms with Gasteiger partial charge in [-0.15, -0.1) is 0 Å². The second kappa shape index (κ2) is 7.44. The molecule has 0 spiro atoms. The molecule has 6 rings (SSSR count). The van der Waals surface area contributed by atoms with E-state index in [0.717, 1.165) is 39.1 Å². The van der Waals surface area contributed by atoms with Gasteiger partial charge in [0.25, 0.3) is 0 Å². The van der Waals surface area contributed by atoms with E-state index in [1.807, 2.05) is 6.07 Å². The molecule has 1 N–H and O–H groups in total. The Kier molecular flexibility index (Phi) is 4.29. The van der Waals surface area contributed by atoms with Gasteiger partial charge in [0.2, 0.25) is 0 Å². The van der Waals surface area contributed by atoms with E-state index in [4.69, 9.17) is 0 Å². The van der Waals surface area contributed by atoms with Crippen LogP contribution in [0.2, 0.25) is 0 Å². The van der Waals surface area contributed by atoms with Gasteiger partial charge in [-0.3, -0.25) is 0 Å². The fourth-order valence-corrected chi connectivity index (χ4v) is 4.52. The third-order valence-corrected chi connectivity index (χ3v) is 6.12. The standard InChI is InChI=1S/C30H22N2/c1-21-19-23(22-15-16-29-27(20-22)26-12-5-7-13-28(26)31-29)17-18-32(24-9-3-2-4-10-24)30-14-8-6-11-25(21)30/h2-20,31H,1H2/b18-17-,23-19+. The number of benzene rings is 4. The van der Waals surface area contributed by atoms with Crippen LogP contribution in [0, 0.1) is 0 Å². The lowest BCUT2D eigenvalue weighted by Crippen LogP contribution is -2.11. The number of allylic oxidation sites excluding steroid dienone is 4. The summed E-state index contributed by atoms with van der Waals surface area (Å²) in [6.45, 7) is 4.42. The van der Waals surface area contributed by atoms with Crippen LogP contribution < -0.4 is 4.90 Å². The molecule has 0 atom stereocenters. The number of nitrogens with one attached hydrogen (secondary N) is 1. The summed E-state index contributed by atoms with van der Waals surface area (Å²) in [5.74, 6) is 0. The molecule has 4 aromatic carbocycles. The van der Waals surface area contributed by atoms with E-state index in [9.17, 15) is 0 Å². The van der Waals surface area contributed by atoms with Crippen molar-refractivity contribution in [2.24, 2.45) is 0 Å². The third-order valence-electron chi connectivity index (χ3n) is 6.12. The average Bonchev–Trinajstić information content (AvgIpc) is 3.21. The minimum atomic E-state index is 1.000. The van der Waals surface area contributed by atoms with Crippen LogP contribution in [0.5, 0.6) is 0 Å². The topological polar surface area (TPSA) is 19.0 Å². The van der Waals surface area contributed by atoms with Crippen molar-refractivity contribution < 1.29 is 0 Å². The zero-order chi connectivity index (χ0) is 21.5. The van der Waals surface area contributed by atoms with Gasteiger partial charge in [-0.2, -0.15) is 0 Å². The first-order valence-corrected chi connectivity index (χ1v) is 10.8. The zero-order valence-electron chi connectivity index (χ0n) is 17.6. The van der Waals surface area contributed by atoms with Gasteiger partial charge in [0.05, 0.1) is 5.69 Å². The Morgan fingerprint density at radius 3 is 2.34 bits per heavy atom. The van der Waals surface area contributed by atoms with Crippen molar-refractivity contribution in [2.45, 2.75) is 0 Å².